The van der Waals surface area contributed by atoms with Gasteiger partial charge in [0.05, 0.1) is 0 Å². The second-order valence-electron chi connectivity index (χ2n) is 3.34. The van der Waals surface area contributed by atoms with Crippen LogP contribution in [0.15, 0.2) is 17.5 Å². The molecule has 0 aromatic carbocycles. The van der Waals surface area contributed by atoms with Gasteiger partial charge in [0.25, 0.3) is 0 Å². The van der Waals surface area contributed by atoms with Crippen molar-refractivity contribution >= 4 is 17.3 Å². The second-order valence-corrected chi connectivity index (χ2v) is 4.37. The summed E-state index contributed by atoms with van der Waals surface area (Å²) in [5, 5.41) is 1.98. The van der Waals surface area contributed by atoms with E-state index < -0.39 is 0 Å². The van der Waals surface area contributed by atoms with Gasteiger partial charge in [0.15, 0.2) is 0 Å². The van der Waals surface area contributed by atoms with E-state index in [4.69, 9.17) is 10.5 Å². The molecular formula is C11H17NO2S. The lowest BCUT2D eigenvalue weighted by Crippen LogP contribution is -2.04. The highest BCUT2D eigenvalue weighted by molar-refractivity contribution is 7.09. The van der Waals surface area contributed by atoms with Gasteiger partial charge < -0.3 is 10.5 Å². The molecule has 0 amide bonds. The molecule has 84 valence electrons. The largest absolute Gasteiger partial charge is 0.460 e. The van der Waals surface area contributed by atoms with Crippen LogP contribution >= 0.6 is 11.3 Å². The summed E-state index contributed by atoms with van der Waals surface area (Å²) in [7, 11) is 0. The van der Waals surface area contributed by atoms with Crippen LogP contribution in [0.25, 0.3) is 0 Å². The van der Waals surface area contributed by atoms with E-state index in [2.05, 4.69) is 0 Å². The van der Waals surface area contributed by atoms with Crippen molar-refractivity contribution in [2.75, 3.05) is 6.54 Å². The first kappa shape index (κ1) is 12.2. The van der Waals surface area contributed by atoms with E-state index in [1.807, 2.05) is 17.5 Å². The highest BCUT2D eigenvalue weighted by atomic mass is 32.1. The van der Waals surface area contributed by atoms with Crippen molar-refractivity contribution in [3.05, 3.63) is 22.4 Å². The van der Waals surface area contributed by atoms with E-state index in [0.29, 0.717) is 19.6 Å². The number of carbonyl (C=O) groups is 1. The molecule has 0 saturated carbocycles. The van der Waals surface area contributed by atoms with Gasteiger partial charge in [0, 0.05) is 11.3 Å². The van der Waals surface area contributed by atoms with Crippen LogP contribution in [-0.2, 0) is 16.1 Å². The first-order chi connectivity index (χ1) is 7.33. The summed E-state index contributed by atoms with van der Waals surface area (Å²) in [4.78, 5) is 12.3. The van der Waals surface area contributed by atoms with Crippen molar-refractivity contribution < 1.29 is 9.53 Å². The smallest absolute Gasteiger partial charge is 0.306 e. The molecule has 1 heterocycles. The number of hydrogen-bond acceptors (Lipinski definition) is 4. The van der Waals surface area contributed by atoms with Gasteiger partial charge in [-0.2, -0.15) is 0 Å². The summed E-state index contributed by atoms with van der Waals surface area (Å²) in [5.74, 6) is -0.111. The third-order valence-electron chi connectivity index (χ3n) is 2.04. The molecule has 0 bridgehead atoms. The average Bonchev–Trinajstić information content (AvgIpc) is 2.74. The minimum absolute atomic E-state index is 0.111. The molecule has 1 rings (SSSR count). The summed E-state index contributed by atoms with van der Waals surface area (Å²) in [6, 6.07) is 3.92. The Morgan fingerprint density at radius 3 is 2.93 bits per heavy atom. The van der Waals surface area contributed by atoms with Gasteiger partial charge >= 0.3 is 5.97 Å². The Morgan fingerprint density at radius 2 is 2.27 bits per heavy atom. The maximum Gasteiger partial charge on any atom is 0.306 e. The number of hydrogen-bond donors (Lipinski definition) is 1. The van der Waals surface area contributed by atoms with Crippen molar-refractivity contribution in [3.63, 3.8) is 0 Å². The second kappa shape index (κ2) is 7.43. The fourth-order valence-corrected chi connectivity index (χ4v) is 1.82. The quantitative estimate of drug-likeness (QED) is 0.574. The van der Waals surface area contributed by atoms with Crippen LogP contribution in [0.4, 0.5) is 0 Å². The molecule has 1 aromatic heterocycles. The van der Waals surface area contributed by atoms with Gasteiger partial charge in [0.1, 0.15) is 6.61 Å². The molecule has 0 radical (unpaired) electrons. The molecule has 3 nitrogen and oxygen atoms in total. The molecule has 0 aliphatic carbocycles. The molecule has 15 heavy (non-hydrogen) atoms. The number of ether oxygens (including phenoxy) is 1. The van der Waals surface area contributed by atoms with E-state index in [-0.39, 0.29) is 5.97 Å². The standard InChI is InChI=1S/C11H17NO2S/c12-7-3-1-2-6-11(13)14-9-10-5-4-8-15-10/h4-5,8H,1-3,6-7,9,12H2. The molecule has 0 atom stereocenters. The van der Waals surface area contributed by atoms with Crippen LogP contribution in [0.1, 0.15) is 30.6 Å². The predicted molar refractivity (Wildman–Crippen MR) is 61.6 cm³/mol. The zero-order valence-electron chi connectivity index (χ0n) is 8.78. The van der Waals surface area contributed by atoms with Crippen LogP contribution < -0.4 is 5.73 Å². The maximum atomic E-state index is 11.3. The number of rotatable bonds is 7. The van der Waals surface area contributed by atoms with Crippen LogP contribution in [0.5, 0.6) is 0 Å². The Balaban J connectivity index is 2.04. The number of nitrogens with two attached hydrogens (primary N) is 1. The van der Waals surface area contributed by atoms with Gasteiger partial charge in [-0.05, 0) is 30.8 Å². The predicted octanol–water partition coefficient (Wildman–Crippen LogP) is 2.31. The molecule has 0 unspecified atom stereocenters. The van der Waals surface area contributed by atoms with Gasteiger partial charge in [-0.3, -0.25) is 4.79 Å². The molecule has 1 aromatic rings. The lowest BCUT2D eigenvalue weighted by Gasteiger charge is -2.02. The number of esters is 1. The molecule has 0 aliphatic heterocycles. The SMILES string of the molecule is NCCCCCC(=O)OCc1cccs1. The first-order valence-electron chi connectivity index (χ1n) is 5.21. The van der Waals surface area contributed by atoms with Gasteiger partial charge in [0.2, 0.25) is 0 Å². The Labute approximate surface area is 94.2 Å². The van der Waals surface area contributed by atoms with Crippen molar-refractivity contribution in [1.29, 1.82) is 0 Å². The summed E-state index contributed by atoms with van der Waals surface area (Å²) < 4.78 is 5.11. The maximum absolute atomic E-state index is 11.3. The summed E-state index contributed by atoms with van der Waals surface area (Å²) in [6.45, 7) is 1.11. The Hall–Kier alpha value is -0.870. The highest BCUT2D eigenvalue weighted by Gasteiger charge is 2.03. The fourth-order valence-electron chi connectivity index (χ4n) is 1.21. The average molecular weight is 227 g/mol. The Kier molecular flexibility index (Phi) is 6.04. The fraction of sp³-hybridized carbons (Fsp3) is 0.545. The third kappa shape index (κ3) is 5.54. The molecule has 0 fully saturated rings. The van der Waals surface area contributed by atoms with E-state index in [1.54, 1.807) is 11.3 Å². The van der Waals surface area contributed by atoms with Crippen LogP contribution in [0.3, 0.4) is 0 Å². The van der Waals surface area contributed by atoms with Crippen molar-refractivity contribution in [1.82, 2.24) is 0 Å². The van der Waals surface area contributed by atoms with Crippen LogP contribution in [0.2, 0.25) is 0 Å². The van der Waals surface area contributed by atoms with Gasteiger partial charge in [-0.1, -0.05) is 12.5 Å². The van der Waals surface area contributed by atoms with E-state index in [0.717, 1.165) is 24.1 Å². The van der Waals surface area contributed by atoms with E-state index in [1.165, 1.54) is 0 Å². The third-order valence-corrected chi connectivity index (χ3v) is 2.89. The molecule has 2 N–H and O–H groups in total. The molecule has 4 heteroatoms. The number of carbonyl (C=O) groups excluding carboxylic acids is 1. The number of thiophene rings is 1. The minimum Gasteiger partial charge on any atom is -0.460 e. The Morgan fingerprint density at radius 1 is 1.40 bits per heavy atom. The summed E-state index contributed by atoms with van der Waals surface area (Å²) in [5.41, 5.74) is 5.35. The van der Waals surface area contributed by atoms with Crippen molar-refractivity contribution in [2.45, 2.75) is 32.3 Å². The van der Waals surface area contributed by atoms with E-state index in [9.17, 15) is 4.79 Å². The minimum atomic E-state index is -0.111. The summed E-state index contributed by atoms with van der Waals surface area (Å²) in [6.07, 6.45) is 3.37. The highest BCUT2D eigenvalue weighted by Crippen LogP contribution is 2.10. The lowest BCUT2D eigenvalue weighted by molar-refractivity contribution is -0.145. The molecular weight excluding hydrogens is 210 g/mol. The van der Waals surface area contributed by atoms with Crippen LogP contribution in [-0.4, -0.2) is 12.5 Å². The Bertz CT molecular complexity index is 272. The van der Waals surface area contributed by atoms with Crippen molar-refractivity contribution in [3.8, 4) is 0 Å². The monoisotopic (exact) mass is 227 g/mol. The van der Waals surface area contributed by atoms with Gasteiger partial charge in [-0.15, -0.1) is 11.3 Å². The molecule has 0 aliphatic rings. The molecule has 0 saturated heterocycles. The number of unbranched alkanes of at least 4 members (excludes halogenated alkanes) is 2. The van der Waals surface area contributed by atoms with E-state index >= 15 is 0 Å². The van der Waals surface area contributed by atoms with Gasteiger partial charge in [-0.25, -0.2) is 0 Å². The lowest BCUT2D eigenvalue weighted by atomic mass is 10.2. The normalized spacial score (nSPS) is 10.2. The first-order valence-corrected chi connectivity index (χ1v) is 6.09. The van der Waals surface area contributed by atoms with Crippen LogP contribution in [0, 0.1) is 0 Å². The summed E-state index contributed by atoms with van der Waals surface area (Å²) >= 11 is 1.60. The molecule has 0 spiro atoms. The topological polar surface area (TPSA) is 52.3 Å². The zero-order valence-corrected chi connectivity index (χ0v) is 9.59. The zero-order chi connectivity index (χ0) is 10.9. The van der Waals surface area contributed by atoms with Crippen molar-refractivity contribution in [2.24, 2.45) is 5.73 Å².